The maximum absolute atomic E-state index is 12.2. The van der Waals surface area contributed by atoms with Crippen molar-refractivity contribution in [3.8, 4) is 5.75 Å². The van der Waals surface area contributed by atoms with Crippen LogP contribution in [-0.4, -0.2) is 57.2 Å². The minimum atomic E-state index is -0.158. The first-order valence-electron chi connectivity index (χ1n) is 8.05. The fraction of sp³-hybridized carbons (Fsp3) is 0.588. The summed E-state index contributed by atoms with van der Waals surface area (Å²) in [6.45, 7) is 8.06. The van der Waals surface area contributed by atoms with Gasteiger partial charge in [-0.1, -0.05) is 12.1 Å². The van der Waals surface area contributed by atoms with Gasteiger partial charge in [0.25, 0.3) is 0 Å². The number of nitrogens with zero attached hydrogens (tertiary/aromatic N) is 1. The second kappa shape index (κ2) is 8.76. The van der Waals surface area contributed by atoms with Crippen molar-refractivity contribution >= 4 is 5.91 Å². The fourth-order valence-electron chi connectivity index (χ4n) is 2.66. The van der Waals surface area contributed by atoms with Crippen molar-refractivity contribution in [2.75, 3.05) is 46.4 Å². The number of ether oxygens (including phenoxy) is 1. The third kappa shape index (κ3) is 5.00. The zero-order valence-corrected chi connectivity index (χ0v) is 13.6. The van der Waals surface area contributed by atoms with E-state index in [0.29, 0.717) is 0 Å². The van der Waals surface area contributed by atoms with Crippen LogP contribution >= 0.6 is 0 Å². The Kier molecular flexibility index (Phi) is 6.68. The van der Waals surface area contributed by atoms with Crippen molar-refractivity contribution in [2.45, 2.75) is 19.3 Å². The molecule has 2 N–H and O–H groups in total. The summed E-state index contributed by atoms with van der Waals surface area (Å²) in [5, 5.41) is 6.38. The predicted octanol–water partition coefficient (Wildman–Crippen LogP) is 1.21. The lowest BCUT2D eigenvalue weighted by molar-refractivity contribution is -0.122. The molecule has 5 nitrogen and oxygen atoms in total. The van der Waals surface area contributed by atoms with E-state index in [-0.39, 0.29) is 11.8 Å². The molecule has 1 heterocycles. The average Bonchev–Trinajstić information content (AvgIpc) is 2.58. The summed E-state index contributed by atoms with van der Waals surface area (Å²) < 4.78 is 5.21. The van der Waals surface area contributed by atoms with E-state index in [1.54, 1.807) is 7.11 Å². The standard InChI is InChI=1S/C17H27N3O2/c1-14(15-5-3-6-16(13-15)22-2)17(21)19-7-4-10-20-11-8-18-9-12-20/h3,5-6,13-14,18H,4,7-12H2,1-2H3,(H,19,21). The van der Waals surface area contributed by atoms with Gasteiger partial charge in [0.1, 0.15) is 5.75 Å². The van der Waals surface area contributed by atoms with Gasteiger partial charge in [-0.2, -0.15) is 0 Å². The van der Waals surface area contributed by atoms with Crippen LogP contribution in [0.1, 0.15) is 24.8 Å². The summed E-state index contributed by atoms with van der Waals surface area (Å²) in [7, 11) is 1.64. The SMILES string of the molecule is COc1cccc(C(C)C(=O)NCCCN2CCNCC2)c1. The van der Waals surface area contributed by atoms with Gasteiger partial charge in [-0.25, -0.2) is 0 Å². The first-order chi connectivity index (χ1) is 10.7. The summed E-state index contributed by atoms with van der Waals surface area (Å²) in [6.07, 6.45) is 0.997. The Balaban J connectivity index is 1.71. The number of nitrogens with one attached hydrogen (secondary N) is 2. The molecule has 1 amide bonds. The highest BCUT2D eigenvalue weighted by molar-refractivity contribution is 5.83. The second-order valence-electron chi connectivity index (χ2n) is 5.73. The average molecular weight is 305 g/mol. The Bertz CT molecular complexity index is 473. The van der Waals surface area contributed by atoms with Crippen molar-refractivity contribution in [3.63, 3.8) is 0 Å². The van der Waals surface area contributed by atoms with E-state index < -0.39 is 0 Å². The molecule has 0 bridgehead atoms. The molecular formula is C17H27N3O2. The van der Waals surface area contributed by atoms with E-state index in [1.807, 2.05) is 31.2 Å². The highest BCUT2D eigenvalue weighted by atomic mass is 16.5. The van der Waals surface area contributed by atoms with E-state index in [9.17, 15) is 4.79 Å². The third-order valence-electron chi connectivity index (χ3n) is 4.15. The fourth-order valence-corrected chi connectivity index (χ4v) is 2.66. The van der Waals surface area contributed by atoms with Crippen molar-refractivity contribution in [3.05, 3.63) is 29.8 Å². The zero-order chi connectivity index (χ0) is 15.8. The molecule has 2 rings (SSSR count). The molecule has 0 saturated carbocycles. The highest BCUT2D eigenvalue weighted by Gasteiger charge is 2.15. The lowest BCUT2D eigenvalue weighted by Crippen LogP contribution is -2.44. The molecule has 1 aromatic carbocycles. The summed E-state index contributed by atoms with van der Waals surface area (Å²) in [4.78, 5) is 14.7. The van der Waals surface area contributed by atoms with Gasteiger partial charge in [-0.15, -0.1) is 0 Å². The van der Waals surface area contributed by atoms with Crippen molar-refractivity contribution in [1.29, 1.82) is 0 Å². The van der Waals surface area contributed by atoms with Crippen LogP contribution in [-0.2, 0) is 4.79 Å². The Hall–Kier alpha value is -1.59. The van der Waals surface area contributed by atoms with E-state index in [0.717, 1.165) is 57.0 Å². The number of methoxy groups -OCH3 is 1. The Morgan fingerprint density at radius 1 is 1.41 bits per heavy atom. The molecule has 0 aliphatic carbocycles. The van der Waals surface area contributed by atoms with Crippen LogP contribution in [0.2, 0.25) is 0 Å². The van der Waals surface area contributed by atoms with Crippen LogP contribution in [0.25, 0.3) is 0 Å². The number of carbonyl (C=O) groups is 1. The van der Waals surface area contributed by atoms with Crippen LogP contribution in [0.4, 0.5) is 0 Å². The minimum Gasteiger partial charge on any atom is -0.497 e. The largest absolute Gasteiger partial charge is 0.497 e. The maximum Gasteiger partial charge on any atom is 0.227 e. The number of hydrogen-bond donors (Lipinski definition) is 2. The third-order valence-corrected chi connectivity index (χ3v) is 4.15. The summed E-state index contributed by atoms with van der Waals surface area (Å²) in [5.41, 5.74) is 0.985. The molecule has 0 spiro atoms. The van der Waals surface area contributed by atoms with Crippen LogP contribution < -0.4 is 15.4 Å². The van der Waals surface area contributed by atoms with Gasteiger partial charge >= 0.3 is 0 Å². The number of amides is 1. The highest BCUT2D eigenvalue weighted by Crippen LogP contribution is 2.20. The molecular weight excluding hydrogens is 278 g/mol. The second-order valence-corrected chi connectivity index (χ2v) is 5.73. The van der Waals surface area contributed by atoms with Gasteiger partial charge < -0.3 is 20.3 Å². The topological polar surface area (TPSA) is 53.6 Å². The van der Waals surface area contributed by atoms with E-state index >= 15 is 0 Å². The van der Waals surface area contributed by atoms with Crippen LogP contribution in [0, 0.1) is 0 Å². The van der Waals surface area contributed by atoms with Gasteiger partial charge in [-0.3, -0.25) is 4.79 Å². The van der Waals surface area contributed by atoms with Crippen LogP contribution in [0.15, 0.2) is 24.3 Å². The molecule has 22 heavy (non-hydrogen) atoms. The van der Waals surface area contributed by atoms with E-state index in [2.05, 4.69) is 15.5 Å². The number of piperazine rings is 1. The van der Waals surface area contributed by atoms with E-state index in [4.69, 9.17) is 4.74 Å². The molecule has 122 valence electrons. The lowest BCUT2D eigenvalue weighted by atomic mass is 10.00. The first kappa shape index (κ1) is 16.8. The normalized spacial score (nSPS) is 17.0. The monoisotopic (exact) mass is 305 g/mol. The molecule has 1 aliphatic heterocycles. The summed E-state index contributed by atoms with van der Waals surface area (Å²) in [6, 6.07) is 7.70. The van der Waals surface area contributed by atoms with Gasteiger partial charge in [0.2, 0.25) is 5.91 Å². The van der Waals surface area contributed by atoms with Crippen molar-refractivity contribution in [1.82, 2.24) is 15.5 Å². The summed E-state index contributed by atoms with van der Waals surface area (Å²) >= 11 is 0. The summed E-state index contributed by atoms with van der Waals surface area (Å²) in [5.74, 6) is 0.707. The van der Waals surface area contributed by atoms with Crippen LogP contribution in [0.3, 0.4) is 0 Å². The molecule has 1 unspecified atom stereocenters. The zero-order valence-electron chi connectivity index (χ0n) is 13.6. The number of benzene rings is 1. The smallest absolute Gasteiger partial charge is 0.227 e. The predicted molar refractivity (Wildman–Crippen MR) is 88.3 cm³/mol. The molecule has 0 aromatic heterocycles. The Morgan fingerprint density at radius 2 is 2.18 bits per heavy atom. The molecule has 1 saturated heterocycles. The molecule has 5 heteroatoms. The van der Waals surface area contributed by atoms with Gasteiger partial charge in [0, 0.05) is 32.7 Å². The van der Waals surface area contributed by atoms with Crippen LogP contribution in [0.5, 0.6) is 5.75 Å². The minimum absolute atomic E-state index is 0.0774. The lowest BCUT2D eigenvalue weighted by Gasteiger charge is -2.27. The van der Waals surface area contributed by atoms with Crippen molar-refractivity contribution in [2.24, 2.45) is 0 Å². The number of carbonyl (C=O) groups excluding carboxylic acids is 1. The Morgan fingerprint density at radius 3 is 2.91 bits per heavy atom. The van der Waals surface area contributed by atoms with Gasteiger partial charge in [-0.05, 0) is 37.6 Å². The van der Waals surface area contributed by atoms with Gasteiger partial charge in [0.15, 0.2) is 0 Å². The number of hydrogen-bond acceptors (Lipinski definition) is 4. The first-order valence-corrected chi connectivity index (χ1v) is 8.05. The van der Waals surface area contributed by atoms with Crippen molar-refractivity contribution < 1.29 is 9.53 Å². The molecule has 1 aromatic rings. The molecule has 1 fully saturated rings. The molecule has 1 atom stereocenters. The Labute approximate surface area is 133 Å². The van der Waals surface area contributed by atoms with Gasteiger partial charge in [0.05, 0.1) is 13.0 Å². The maximum atomic E-state index is 12.2. The number of rotatable bonds is 7. The van der Waals surface area contributed by atoms with E-state index in [1.165, 1.54) is 0 Å². The quantitative estimate of drug-likeness (QED) is 0.744. The molecule has 0 radical (unpaired) electrons. The molecule has 1 aliphatic rings.